The zero-order valence-corrected chi connectivity index (χ0v) is 17.8. The van der Waals surface area contributed by atoms with E-state index in [0.29, 0.717) is 12.0 Å². The summed E-state index contributed by atoms with van der Waals surface area (Å²) in [6.45, 7) is 10.1. The molecule has 2 aromatic carbocycles. The molecular formula is C23H32N4O. The molecule has 5 nitrogen and oxygen atoms in total. The van der Waals surface area contributed by atoms with Crippen molar-refractivity contribution in [1.29, 1.82) is 0 Å². The lowest BCUT2D eigenvalue weighted by Crippen LogP contribution is -2.43. The molecule has 0 aromatic heterocycles. The van der Waals surface area contributed by atoms with Gasteiger partial charge in [-0.2, -0.15) is 0 Å². The van der Waals surface area contributed by atoms with Crippen LogP contribution < -0.4 is 16.2 Å². The van der Waals surface area contributed by atoms with Crippen LogP contribution >= 0.6 is 0 Å². The smallest absolute Gasteiger partial charge is 0.251 e. The third kappa shape index (κ3) is 5.20. The van der Waals surface area contributed by atoms with E-state index in [1.807, 2.05) is 39.0 Å². The van der Waals surface area contributed by atoms with E-state index >= 15 is 0 Å². The number of carbonyl (C=O) groups is 1. The summed E-state index contributed by atoms with van der Waals surface area (Å²) in [6, 6.07) is 14.0. The van der Waals surface area contributed by atoms with E-state index in [9.17, 15) is 4.79 Å². The molecule has 0 aliphatic heterocycles. The van der Waals surface area contributed by atoms with Crippen LogP contribution in [0.2, 0.25) is 0 Å². The molecule has 1 amide bonds. The second-order valence-corrected chi connectivity index (χ2v) is 7.69. The Kier molecular flexibility index (Phi) is 6.97. The van der Waals surface area contributed by atoms with Gasteiger partial charge >= 0.3 is 0 Å². The maximum absolute atomic E-state index is 12.9. The number of rotatable bonds is 6. The molecule has 150 valence electrons. The predicted molar refractivity (Wildman–Crippen MR) is 119 cm³/mol. The molecule has 0 heterocycles. The van der Waals surface area contributed by atoms with Gasteiger partial charge in [-0.1, -0.05) is 43.7 Å². The van der Waals surface area contributed by atoms with Crippen LogP contribution in [-0.4, -0.2) is 24.3 Å². The standard InChI is InChI=1S/C23H32N4O/c1-7-21(25-6)27(24)20-14-18(17-11-9-16(3)10-12-17)13-19(15-20)22(28)26-23(4,5)8-2/h9-15H,7-8,24H2,1-6H3,(H,26,28). The van der Waals surface area contributed by atoms with E-state index in [1.54, 1.807) is 12.1 Å². The normalized spacial score (nSPS) is 12.0. The number of aliphatic imine (C=N–C) groups is 1. The summed E-state index contributed by atoms with van der Waals surface area (Å²) < 4.78 is 0. The first-order valence-electron chi connectivity index (χ1n) is 9.76. The van der Waals surface area contributed by atoms with Gasteiger partial charge in [-0.3, -0.25) is 14.8 Å². The number of hydrazine groups is 1. The Morgan fingerprint density at radius 3 is 2.29 bits per heavy atom. The molecule has 0 fully saturated rings. The fourth-order valence-corrected chi connectivity index (χ4v) is 2.85. The van der Waals surface area contributed by atoms with Crippen LogP contribution in [0.5, 0.6) is 0 Å². The Balaban J connectivity index is 2.55. The number of amidine groups is 1. The monoisotopic (exact) mass is 380 g/mol. The van der Waals surface area contributed by atoms with E-state index in [2.05, 4.69) is 48.4 Å². The molecule has 0 radical (unpaired) electrons. The fraction of sp³-hybridized carbons (Fsp3) is 0.391. The molecule has 0 aliphatic rings. The van der Waals surface area contributed by atoms with Crippen LogP contribution in [0, 0.1) is 6.92 Å². The molecule has 0 aliphatic carbocycles. The fourth-order valence-electron chi connectivity index (χ4n) is 2.85. The Hall–Kier alpha value is -2.66. The molecule has 0 unspecified atom stereocenters. The van der Waals surface area contributed by atoms with Crippen molar-refractivity contribution in [3.8, 4) is 11.1 Å². The Morgan fingerprint density at radius 1 is 1.11 bits per heavy atom. The highest BCUT2D eigenvalue weighted by Gasteiger charge is 2.20. The maximum atomic E-state index is 12.9. The van der Waals surface area contributed by atoms with Gasteiger partial charge in [0.1, 0.15) is 5.84 Å². The molecule has 0 bridgehead atoms. The quantitative estimate of drug-likeness (QED) is 0.330. The number of anilines is 1. The molecule has 0 saturated carbocycles. The number of hydrogen-bond donors (Lipinski definition) is 2. The number of carbonyl (C=O) groups excluding carboxylic acids is 1. The van der Waals surface area contributed by atoms with Crippen LogP contribution in [0.1, 0.15) is 56.5 Å². The van der Waals surface area contributed by atoms with Crippen molar-refractivity contribution in [3.05, 3.63) is 53.6 Å². The summed E-state index contributed by atoms with van der Waals surface area (Å²) in [6.07, 6.45) is 1.54. The molecule has 28 heavy (non-hydrogen) atoms. The number of amides is 1. The van der Waals surface area contributed by atoms with Crippen molar-refractivity contribution in [2.75, 3.05) is 12.1 Å². The minimum absolute atomic E-state index is 0.109. The Labute approximate surface area is 168 Å². The van der Waals surface area contributed by atoms with E-state index in [1.165, 1.54) is 5.56 Å². The van der Waals surface area contributed by atoms with E-state index in [0.717, 1.165) is 29.1 Å². The first-order valence-corrected chi connectivity index (χ1v) is 9.76. The van der Waals surface area contributed by atoms with Gasteiger partial charge in [-0.15, -0.1) is 0 Å². The number of nitrogens with zero attached hydrogens (tertiary/aromatic N) is 2. The average Bonchev–Trinajstić information content (AvgIpc) is 2.68. The van der Waals surface area contributed by atoms with Crippen molar-refractivity contribution in [3.63, 3.8) is 0 Å². The number of benzene rings is 2. The van der Waals surface area contributed by atoms with Crippen molar-refractivity contribution >= 4 is 17.4 Å². The van der Waals surface area contributed by atoms with Gasteiger partial charge < -0.3 is 5.32 Å². The number of hydrogen-bond acceptors (Lipinski definition) is 3. The van der Waals surface area contributed by atoms with Crippen molar-refractivity contribution in [2.24, 2.45) is 10.8 Å². The third-order valence-electron chi connectivity index (χ3n) is 5.03. The molecule has 0 spiro atoms. The van der Waals surface area contributed by atoms with Gasteiger partial charge in [0.05, 0.1) is 5.69 Å². The summed E-state index contributed by atoms with van der Waals surface area (Å²) in [5.41, 5.74) is 4.21. The SMILES string of the molecule is CCC(=NC)N(N)c1cc(C(=O)NC(C)(C)CC)cc(-c2ccc(C)cc2)c1. The van der Waals surface area contributed by atoms with Gasteiger partial charge in [-0.25, -0.2) is 5.84 Å². The Bertz CT molecular complexity index is 853. The van der Waals surface area contributed by atoms with Crippen LogP contribution in [0.15, 0.2) is 47.5 Å². The average molecular weight is 381 g/mol. The van der Waals surface area contributed by atoms with Crippen molar-refractivity contribution in [2.45, 2.75) is 53.0 Å². The van der Waals surface area contributed by atoms with Gasteiger partial charge in [-0.05, 0) is 56.5 Å². The number of aryl methyl sites for hydroxylation is 1. The van der Waals surface area contributed by atoms with Gasteiger partial charge in [0.2, 0.25) is 0 Å². The topological polar surface area (TPSA) is 70.7 Å². The van der Waals surface area contributed by atoms with E-state index in [-0.39, 0.29) is 11.4 Å². The molecule has 3 N–H and O–H groups in total. The molecule has 2 rings (SSSR count). The Morgan fingerprint density at radius 2 is 1.75 bits per heavy atom. The lowest BCUT2D eigenvalue weighted by molar-refractivity contribution is 0.0911. The van der Waals surface area contributed by atoms with Gasteiger partial charge in [0.25, 0.3) is 5.91 Å². The van der Waals surface area contributed by atoms with Gasteiger partial charge in [0.15, 0.2) is 0 Å². The molecule has 0 saturated heterocycles. The van der Waals surface area contributed by atoms with Crippen LogP contribution in [0.4, 0.5) is 5.69 Å². The second kappa shape index (κ2) is 9.02. The van der Waals surface area contributed by atoms with Crippen LogP contribution in [0.25, 0.3) is 11.1 Å². The first kappa shape index (κ1) is 21.6. The third-order valence-corrected chi connectivity index (χ3v) is 5.03. The summed E-state index contributed by atoms with van der Waals surface area (Å²) in [4.78, 5) is 17.2. The van der Waals surface area contributed by atoms with Gasteiger partial charge in [0, 0.05) is 24.6 Å². The summed E-state index contributed by atoms with van der Waals surface area (Å²) in [7, 11) is 1.72. The summed E-state index contributed by atoms with van der Waals surface area (Å²) in [5.74, 6) is 6.97. The highest BCUT2D eigenvalue weighted by molar-refractivity contribution is 6.01. The van der Waals surface area contributed by atoms with E-state index < -0.39 is 0 Å². The maximum Gasteiger partial charge on any atom is 0.251 e. The highest BCUT2D eigenvalue weighted by atomic mass is 16.1. The molecule has 0 atom stereocenters. The minimum Gasteiger partial charge on any atom is -0.347 e. The van der Waals surface area contributed by atoms with Crippen LogP contribution in [-0.2, 0) is 0 Å². The summed E-state index contributed by atoms with van der Waals surface area (Å²) in [5, 5.41) is 4.66. The minimum atomic E-state index is -0.279. The second-order valence-electron chi connectivity index (χ2n) is 7.69. The zero-order valence-electron chi connectivity index (χ0n) is 17.8. The zero-order chi connectivity index (χ0) is 20.9. The highest BCUT2D eigenvalue weighted by Crippen LogP contribution is 2.27. The molecule has 2 aromatic rings. The van der Waals surface area contributed by atoms with Crippen molar-refractivity contribution in [1.82, 2.24) is 5.32 Å². The lowest BCUT2D eigenvalue weighted by Gasteiger charge is -2.25. The largest absolute Gasteiger partial charge is 0.347 e. The van der Waals surface area contributed by atoms with E-state index in [4.69, 9.17) is 5.84 Å². The van der Waals surface area contributed by atoms with Crippen molar-refractivity contribution < 1.29 is 4.79 Å². The number of nitrogens with one attached hydrogen (secondary N) is 1. The molecule has 5 heteroatoms. The number of nitrogens with two attached hydrogens (primary N) is 1. The lowest BCUT2D eigenvalue weighted by atomic mass is 9.98. The first-order chi connectivity index (χ1) is 13.2. The van der Waals surface area contributed by atoms with Crippen LogP contribution in [0.3, 0.4) is 0 Å². The molecular weight excluding hydrogens is 348 g/mol. The summed E-state index contributed by atoms with van der Waals surface area (Å²) >= 11 is 0. The predicted octanol–water partition coefficient (Wildman–Crippen LogP) is 4.70.